The Bertz CT molecular complexity index is 708. The molecule has 24 heavy (non-hydrogen) atoms. The molecule has 3 nitrogen and oxygen atoms in total. The van der Waals surface area contributed by atoms with Gasteiger partial charge < -0.3 is 10.1 Å². The lowest BCUT2D eigenvalue weighted by atomic mass is 9.55. The number of rotatable bonds is 2. The number of benzene rings is 1. The highest BCUT2D eigenvalue weighted by molar-refractivity contribution is 5.75. The van der Waals surface area contributed by atoms with Crippen molar-refractivity contribution in [3.8, 4) is 5.75 Å². The van der Waals surface area contributed by atoms with Crippen LogP contribution in [-0.2, 0) is 11.2 Å². The SMILES string of the molecule is COc1ccc2c(c1)CC[C@@H]1[C@@H]2CC[C@@]2(C)C(NC(C)=O)=CC[C@@H]12. The van der Waals surface area contributed by atoms with Crippen molar-refractivity contribution in [2.75, 3.05) is 7.11 Å². The zero-order valence-corrected chi connectivity index (χ0v) is 14.9. The average molecular weight is 325 g/mol. The number of hydrogen-bond acceptors (Lipinski definition) is 2. The monoisotopic (exact) mass is 325 g/mol. The Kier molecular flexibility index (Phi) is 3.70. The van der Waals surface area contributed by atoms with E-state index in [2.05, 4.69) is 36.5 Å². The number of carbonyl (C=O) groups is 1. The quantitative estimate of drug-likeness (QED) is 0.886. The maximum absolute atomic E-state index is 11.6. The fourth-order valence-electron chi connectivity index (χ4n) is 5.64. The van der Waals surface area contributed by atoms with Crippen LogP contribution in [0, 0.1) is 17.3 Å². The molecule has 4 atom stereocenters. The van der Waals surface area contributed by atoms with E-state index in [9.17, 15) is 4.79 Å². The number of allylic oxidation sites excluding steroid dienone is 2. The van der Waals surface area contributed by atoms with E-state index in [0.717, 1.165) is 30.9 Å². The highest BCUT2D eigenvalue weighted by atomic mass is 16.5. The van der Waals surface area contributed by atoms with Gasteiger partial charge in [-0.2, -0.15) is 0 Å². The molecule has 128 valence electrons. The Morgan fingerprint density at radius 1 is 1.33 bits per heavy atom. The van der Waals surface area contributed by atoms with Gasteiger partial charge in [-0.3, -0.25) is 4.79 Å². The molecular formula is C21H27NO2. The van der Waals surface area contributed by atoms with Crippen molar-refractivity contribution < 1.29 is 9.53 Å². The van der Waals surface area contributed by atoms with Gasteiger partial charge in [-0.05, 0) is 73.1 Å². The second-order valence-electron chi connectivity index (χ2n) is 7.97. The third-order valence-electron chi connectivity index (χ3n) is 6.83. The van der Waals surface area contributed by atoms with Crippen molar-refractivity contribution in [3.63, 3.8) is 0 Å². The van der Waals surface area contributed by atoms with Gasteiger partial charge in [0.25, 0.3) is 0 Å². The number of methoxy groups -OCH3 is 1. The van der Waals surface area contributed by atoms with Crippen LogP contribution in [0.5, 0.6) is 5.75 Å². The van der Waals surface area contributed by atoms with Crippen LogP contribution in [0.3, 0.4) is 0 Å². The Hall–Kier alpha value is -1.77. The fraction of sp³-hybridized carbons (Fsp3) is 0.571. The van der Waals surface area contributed by atoms with E-state index >= 15 is 0 Å². The second kappa shape index (κ2) is 5.65. The molecule has 1 N–H and O–H groups in total. The summed E-state index contributed by atoms with van der Waals surface area (Å²) in [5.41, 5.74) is 4.35. The number of fused-ring (bicyclic) bond motifs is 5. The Morgan fingerprint density at radius 2 is 2.17 bits per heavy atom. The Balaban J connectivity index is 1.62. The Morgan fingerprint density at radius 3 is 2.92 bits per heavy atom. The maximum atomic E-state index is 11.6. The first kappa shape index (κ1) is 15.7. The molecule has 1 aromatic rings. The number of ether oxygens (including phenoxy) is 1. The van der Waals surface area contributed by atoms with E-state index in [1.165, 1.54) is 24.1 Å². The van der Waals surface area contributed by atoms with Crippen LogP contribution >= 0.6 is 0 Å². The van der Waals surface area contributed by atoms with Crippen LogP contribution in [0.1, 0.15) is 56.6 Å². The molecular weight excluding hydrogens is 298 g/mol. The molecule has 1 saturated carbocycles. The first-order chi connectivity index (χ1) is 11.5. The van der Waals surface area contributed by atoms with Crippen molar-refractivity contribution in [2.24, 2.45) is 17.3 Å². The van der Waals surface area contributed by atoms with Crippen LogP contribution in [0.4, 0.5) is 0 Å². The van der Waals surface area contributed by atoms with Gasteiger partial charge in [0, 0.05) is 18.0 Å². The highest BCUT2D eigenvalue weighted by Crippen LogP contribution is 2.60. The minimum atomic E-state index is 0.0614. The number of aryl methyl sites for hydroxylation is 1. The van der Waals surface area contributed by atoms with Crippen molar-refractivity contribution in [1.82, 2.24) is 5.32 Å². The molecule has 0 saturated heterocycles. The average Bonchev–Trinajstić information content (AvgIpc) is 2.90. The van der Waals surface area contributed by atoms with Gasteiger partial charge in [0.15, 0.2) is 0 Å². The fourth-order valence-corrected chi connectivity index (χ4v) is 5.64. The van der Waals surface area contributed by atoms with E-state index in [4.69, 9.17) is 4.74 Å². The molecule has 1 fully saturated rings. The third-order valence-corrected chi connectivity index (χ3v) is 6.83. The molecule has 0 aromatic heterocycles. The number of nitrogens with one attached hydrogen (secondary N) is 1. The van der Waals surface area contributed by atoms with Gasteiger partial charge >= 0.3 is 0 Å². The first-order valence-corrected chi connectivity index (χ1v) is 9.18. The molecule has 0 unspecified atom stereocenters. The summed E-state index contributed by atoms with van der Waals surface area (Å²) < 4.78 is 5.40. The topological polar surface area (TPSA) is 38.3 Å². The lowest BCUT2D eigenvalue weighted by molar-refractivity contribution is -0.118. The van der Waals surface area contributed by atoms with Gasteiger partial charge in [-0.25, -0.2) is 0 Å². The maximum Gasteiger partial charge on any atom is 0.221 e. The zero-order chi connectivity index (χ0) is 16.9. The third kappa shape index (κ3) is 2.28. The molecule has 4 rings (SSSR count). The summed E-state index contributed by atoms with van der Waals surface area (Å²) in [5, 5.41) is 3.12. The van der Waals surface area contributed by atoms with Gasteiger partial charge in [0.1, 0.15) is 5.75 Å². The first-order valence-electron chi connectivity index (χ1n) is 9.18. The molecule has 0 heterocycles. The molecule has 0 radical (unpaired) electrons. The van der Waals surface area contributed by atoms with E-state index in [1.807, 2.05) is 0 Å². The van der Waals surface area contributed by atoms with Gasteiger partial charge in [-0.1, -0.05) is 19.1 Å². The minimum absolute atomic E-state index is 0.0614. The van der Waals surface area contributed by atoms with Crippen LogP contribution in [-0.4, -0.2) is 13.0 Å². The van der Waals surface area contributed by atoms with E-state index < -0.39 is 0 Å². The van der Waals surface area contributed by atoms with E-state index in [0.29, 0.717) is 11.8 Å². The highest BCUT2D eigenvalue weighted by Gasteiger charge is 2.52. The normalized spacial score (nSPS) is 33.8. The van der Waals surface area contributed by atoms with Crippen LogP contribution < -0.4 is 10.1 Å². The summed E-state index contributed by atoms with van der Waals surface area (Å²) in [6.45, 7) is 3.99. The molecule has 3 heteroatoms. The van der Waals surface area contributed by atoms with Gasteiger partial charge in [0.2, 0.25) is 5.91 Å². The largest absolute Gasteiger partial charge is 0.497 e. The summed E-state index contributed by atoms with van der Waals surface area (Å²) in [6, 6.07) is 6.64. The van der Waals surface area contributed by atoms with Gasteiger partial charge in [-0.15, -0.1) is 0 Å². The summed E-state index contributed by atoms with van der Waals surface area (Å²) in [5.74, 6) is 3.10. The summed E-state index contributed by atoms with van der Waals surface area (Å²) in [4.78, 5) is 11.6. The summed E-state index contributed by atoms with van der Waals surface area (Å²) in [7, 11) is 1.74. The van der Waals surface area contributed by atoms with Crippen molar-refractivity contribution in [3.05, 3.63) is 41.1 Å². The van der Waals surface area contributed by atoms with Crippen LogP contribution in [0.15, 0.2) is 30.0 Å². The smallest absolute Gasteiger partial charge is 0.221 e. The summed E-state index contributed by atoms with van der Waals surface area (Å²) in [6.07, 6.45) is 8.18. The van der Waals surface area contributed by atoms with E-state index in [1.54, 1.807) is 19.6 Å². The van der Waals surface area contributed by atoms with Crippen LogP contribution in [0.25, 0.3) is 0 Å². The molecule has 1 amide bonds. The predicted octanol–water partition coefficient (Wildman–Crippen LogP) is 4.18. The lowest BCUT2D eigenvalue weighted by Gasteiger charge is -2.50. The van der Waals surface area contributed by atoms with Crippen molar-refractivity contribution in [2.45, 2.75) is 51.9 Å². The standard InChI is InChI=1S/C21H27NO2/c1-13(23)22-20-9-8-19-18-6-4-14-12-15(24-3)5-7-16(14)17(18)10-11-21(19,20)2/h5,7,9,12,17-19H,4,6,8,10-11H2,1-3H3,(H,22,23)/t17-,18-,19+,21-/m1/s1. The van der Waals surface area contributed by atoms with Crippen LogP contribution in [0.2, 0.25) is 0 Å². The van der Waals surface area contributed by atoms with Crippen molar-refractivity contribution >= 4 is 5.91 Å². The lowest BCUT2D eigenvalue weighted by Crippen LogP contribution is -2.44. The molecule has 0 aliphatic heterocycles. The summed E-state index contributed by atoms with van der Waals surface area (Å²) >= 11 is 0. The number of carbonyl (C=O) groups excluding carboxylic acids is 1. The molecule has 0 bridgehead atoms. The van der Waals surface area contributed by atoms with Crippen molar-refractivity contribution in [1.29, 1.82) is 0 Å². The van der Waals surface area contributed by atoms with Gasteiger partial charge in [0.05, 0.1) is 7.11 Å². The Labute approximate surface area is 144 Å². The number of hydrogen-bond donors (Lipinski definition) is 1. The minimum Gasteiger partial charge on any atom is -0.497 e. The molecule has 3 aliphatic rings. The zero-order valence-electron chi connectivity index (χ0n) is 14.9. The molecule has 3 aliphatic carbocycles. The number of amides is 1. The second-order valence-corrected chi connectivity index (χ2v) is 7.97. The molecule has 0 spiro atoms. The molecule has 1 aromatic carbocycles. The van der Waals surface area contributed by atoms with E-state index in [-0.39, 0.29) is 11.3 Å². The predicted molar refractivity (Wildman–Crippen MR) is 94.9 cm³/mol.